The second-order valence-electron chi connectivity index (χ2n) is 8.03. The number of hydrogen-bond donors (Lipinski definition) is 1. The van der Waals surface area contributed by atoms with Crippen molar-refractivity contribution in [1.29, 1.82) is 0 Å². The Morgan fingerprint density at radius 1 is 1.17 bits per heavy atom. The third kappa shape index (κ3) is 5.67. The molecule has 0 radical (unpaired) electrons. The average molecular weight is 411 g/mol. The number of aryl methyl sites for hydroxylation is 2. The zero-order chi connectivity index (χ0) is 21.6. The number of ether oxygens (including phenoxy) is 1. The molecule has 0 heterocycles. The number of rotatable bonds is 8. The van der Waals surface area contributed by atoms with Gasteiger partial charge < -0.3 is 15.0 Å². The van der Waals surface area contributed by atoms with Crippen LogP contribution in [-0.4, -0.2) is 23.5 Å². The first-order valence-electron chi connectivity index (χ1n) is 9.64. The predicted molar refractivity (Wildman–Crippen MR) is 125 cm³/mol. The molecule has 0 saturated carbocycles. The van der Waals surface area contributed by atoms with Crippen molar-refractivity contribution in [3.63, 3.8) is 0 Å². The van der Waals surface area contributed by atoms with Crippen molar-refractivity contribution in [1.82, 2.24) is 5.32 Å². The first-order valence-corrected chi connectivity index (χ1v) is 10.0. The average Bonchev–Trinajstić information content (AvgIpc) is 2.64. The second kappa shape index (κ2) is 9.70. The summed E-state index contributed by atoms with van der Waals surface area (Å²) in [7, 11) is 0. The van der Waals surface area contributed by atoms with Crippen molar-refractivity contribution < 1.29 is 9.53 Å². The number of thiocarbonyl (C=S) groups is 1. The van der Waals surface area contributed by atoms with Gasteiger partial charge in [0, 0.05) is 11.1 Å². The summed E-state index contributed by atoms with van der Waals surface area (Å²) in [6.45, 7) is 14.2. The van der Waals surface area contributed by atoms with Crippen molar-refractivity contribution in [3.05, 3.63) is 71.8 Å². The highest BCUT2D eigenvalue weighted by Crippen LogP contribution is 2.36. The fourth-order valence-electron chi connectivity index (χ4n) is 3.30. The van der Waals surface area contributed by atoms with Crippen LogP contribution in [0.4, 0.5) is 5.69 Å². The number of benzene rings is 2. The van der Waals surface area contributed by atoms with E-state index in [2.05, 4.69) is 11.9 Å². The Labute approximate surface area is 179 Å². The maximum Gasteiger partial charge on any atom is 0.215 e. The molecule has 0 fully saturated rings. The summed E-state index contributed by atoms with van der Waals surface area (Å²) < 4.78 is 5.89. The molecular formula is C24H30N2O2S. The van der Waals surface area contributed by atoms with Gasteiger partial charge in [-0.15, -0.1) is 0 Å². The molecule has 5 heteroatoms. The van der Waals surface area contributed by atoms with Gasteiger partial charge in [0.05, 0.1) is 5.69 Å². The van der Waals surface area contributed by atoms with Gasteiger partial charge in [0.25, 0.3) is 0 Å². The number of anilines is 1. The Kier molecular flexibility index (Phi) is 7.57. The molecule has 2 rings (SSSR count). The molecular weight excluding hydrogens is 380 g/mol. The van der Waals surface area contributed by atoms with E-state index in [0.717, 1.165) is 28.8 Å². The molecule has 0 aromatic heterocycles. The number of carbonyl (C=O) groups is 1. The monoisotopic (exact) mass is 410 g/mol. The molecule has 0 aliphatic heterocycles. The van der Waals surface area contributed by atoms with Gasteiger partial charge in [-0.05, 0) is 51.8 Å². The molecule has 0 aliphatic rings. The standard InChI is InChI=1S/C24H30N2O2S/c1-7-15-28-20-14-9-8-13-19(20)22(23(29)25-24(4,5)6)26(16-27)21-17(2)11-10-12-18(21)3/h7-14,16,22H,1,15H2,2-6H3,(H,25,29). The van der Waals surface area contributed by atoms with Gasteiger partial charge >= 0.3 is 0 Å². The van der Waals surface area contributed by atoms with Crippen molar-refractivity contribution >= 4 is 29.3 Å². The third-order valence-electron chi connectivity index (χ3n) is 4.41. The van der Waals surface area contributed by atoms with E-state index in [9.17, 15) is 4.79 Å². The quantitative estimate of drug-likeness (QED) is 0.365. The van der Waals surface area contributed by atoms with Crippen molar-refractivity contribution in [2.75, 3.05) is 11.5 Å². The number of nitrogens with one attached hydrogen (secondary N) is 1. The minimum atomic E-state index is -0.512. The van der Waals surface area contributed by atoms with E-state index in [1.807, 2.05) is 77.1 Å². The van der Waals surface area contributed by atoms with E-state index in [-0.39, 0.29) is 5.54 Å². The highest BCUT2D eigenvalue weighted by atomic mass is 32.1. The van der Waals surface area contributed by atoms with Crippen LogP contribution in [0.15, 0.2) is 55.1 Å². The molecule has 2 aromatic carbocycles. The van der Waals surface area contributed by atoms with Crippen LogP contribution in [0.3, 0.4) is 0 Å². The van der Waals surface area contributed by atoms with E-state index in [1.165, 1.54) is 0 Å². The highest BCUT2D eigenvalue weighted by Gasteiger charge is 2.31. The van der Waals surface area contributed by atoms with E-state index in [1.54, 1.807) is 11.0 Å². The minimum Gasteiger partial charge on any atom is -0.489 e. The van der Waals surface area contributed by atoms with Gasteiger partial charge in [0.15, 0.2) is 0 Å². The highest BCUT2D eigenvalue weighted by molar-refractivity contribution is 7.80. The summed E-state index contributed by atoms with van der Waals surface area (Å²) >= 11 is 5.82. The fraction of sp³-hybridized carbons (Fsp3) is 0.333. The molecule has 0 spiro atoms. The van der Waals surface area contributed by atoms with Crippen LogP contribution in [0.2, 0.25) is 0 Å². The zero-order valence-corrected chi connectivity index (χ0v) is 18.7. The van der Waals surface area contributed by atoms with Crippen LogP contribution in [0.5, 0.6) is 5.75 Å². The summed E-state index contributed by atoms with van der Waals surface area (Å²) in [5, 5.41) is 3.38. The summed E-state index contributed by atoms with van der Waals surface area (Å²) in [6.07, 6.45) is 2.54. The van der Waals surface area contributed by atoms with E-state index < -0.39 is 6.04 Å². The molecule has 0 bridgehead atoms. The lowest BCUT2D eigenvalue weighted by atomic mass is 9.99. The van der Waals surface area contributed by atoms with Crippen molar-refractivity contribution in [2.24, 2.45) is 0 Å². The lowest BCUT2D eigenvalue weighted by Gasteiger charge is -2.35. The molecule has 1 N–H and O–H groups in total. The Bertz CT molecular complexity index is 866. The fourth-order valence-corrected chi connectivity index (χ4v) is 3.84. The molecule has 29 heavy (non-hydrogen) atoms. The first kappa shape index (κ1) is 22.6. The number of para-hydroxylation sites is 2. The summed E-state index contributed by atoms with van der Waals surface area (Å²) in [4.78, 5) is 14.7. The molecule has 1 amide bonds. The Morgan fingerprint density at radius 3 is 2.34 bits per heavy atom. The molecule has 0 aliphatic carbocycles. The van der Waals surface area contributed by atoms with E-state index in [4.69, 9.17) is 17.0 Å². The van der Waals surface area contributed by atoms with Gasteiger partial charge in [-0.3, -0.25) is 4.79 Å². The smallest absolute Gasteiger partial charge is 0.215 e. The van der Waals surface area contributed by atoms with Gasteiger partial charge in [0.2, 0.25) is 6.41 Å². The Balaban J connectivity index is 2.66. The normalized spacial score (nSPS) is 12.0. The van der Waals surface area contributed by atoms with Crippen LogP contribution >= 0.6 is 12.2 Å². The zero-order valence-electron chi connectivity index (χ0n) is 17.9. The Hall–Kier alpha value is -2.66. The number of nitrogens with zero attached hydrogens (tertiary/aromatic N) is 1. The molecule has 2 aromatic rings. The lowest BCUT2D eigenvalue weighted by Crippen LogP contribution is -2.47. The summed E-state index contributed by atoms with van der Waals surface area (Å²) in [6, 6.07) is 13.1. The van der Waals surface area contributed by atoms with E-state index >= 15 is 0 Å². The second-order valence-corrected chi connectivity index (χ2v) is 8.47. The third-order valence-corrected chi connectivity index (χ3v) is 4.73. The van der Waals surface area contributed by atoms with Crippen LogP contribution in [0, 0.1) is 13.8 Å². The molecule has 4 nitrogen and oxygen atoms in total. The molecule has 0 saturated heterocycles. The number of carbonyl (C=O) groups excluding carboxylic acids is 1. The van der Waals surface area contributed by atoms with Crippen LogP contribution in [0.1, 0.15) is 43.5 Å². The summed E-state index contributed by atoms with van der Waals surface area (Å²) in [5.74, 6) is 0.675. The van der Waals surface area contributed by atoms with Crippen molar-refractivity contribution in [2.45, 2.75) is 46.2 Å². The topological polar surface area (TPSA) is 41.6 Å². The first-order chi connectivity index (χ1) is 13.7. The van der Waals surface area contributed by atoms with Gasteiger partial charge in [0.1, 0.15) is 23.4 Å². The van der Waals surface area contributed by atoms with Crippen molar-refractivity contribution in [3.8, 4) is 5.75 Å². The van der Waals surface area contributed by atoms with Gasteiger partial charge in [-0.25, -0.2) is 0 Å². The Morgan fingerprint density at radius 2 is 1.79 bits per heavy atom. The predicted octanol–water partition coefficient (Wildman–Crippen LogP) is 5.29. The molecule has 1 unspecified atom stereocenters. The largest absolute Gasteiger partial charge is 0.489 e. The summed E-state index contributed by atoms with van der Waals surface area (Å²) in [5.41, 5.74) is 3.44. The SMILES string of the molecule is C=CCOc1ccccc1C(C(=S)NC(C)(C)C)N(C=O)c1c(C)cccc1C. The minimum absolute atomic E-state index is 0.248. The maximum atomic E-state index is 12.4. The van der Waals surface area contributed by atoms with Crippen LogP contribution in [-0.2, 0) is 4.79 Å². The number of amides is 1. The van der Waals surface area contributed by atoms with E-state index in [0.29, 0.717) is 17.3 Å². The lowest BCUT2D eigenvalue weighted by molar-refractivity contribution is -0.107. The van der Waals surface area contributed by atoms with Crippen LogP contribution in [0.25, 0.3) is 0 Å². The maximum absolute atomic E-state index is 12.4. The van der Waals surface area contributed by atoms with Crippen LogP contribution < -0.4 is 15.0 Å². The molecule has 1 atom stereocenters. The number of hydrogen-bond acceptors (Lipinski definition) is 3. The van der Waals surface area contributed by atoms with Gasteiger partial charge in [-0.2, -0.15) is 0 Å². The van der Waals surface area contributed by atoms with Gasteiger partial charge in [-0.1, -0.05) is 61.3 Å². The molecule has 154 valence electrons.